The third-order valence-electron chi connectivity index (χ3n) is 6.15. The summed E-state index contributed by atoms with van der Waals surface area (Å²) in [5.74, 6) is -3.97. The Kier molecular flexibility index (Phi) is 8.63. The van der Waals surface area contributed by atoms with Crippen molar-refractivity contribution in [2.75, 3.05) is 0 Å². The van der Waals surface area contributed by atoms with E-state index in [1.807, 2.05) is 24.3 Å². The summed E-state index contributed by atoms with van der Waals surface area (Å²) < 4.78 is 11.4. The van der Waals surface area contributed by atoms with E-state index < -0.39 is 23.9 Å². The van der Waals surface area contributed by atoms with E-state index in [-0.39, 0.29) is 33.8 Å². The fraction of sp³-hybridized carbons (Fsp3) is 0.0968. The van der Waals surface area contributed by atoms with Crippen LogP contribution in [0.25, 0.3) is 0 Å². The lowest BCUT2D eigenvalue weighted by molar-refractivity contribution is 0.0651. The van der Waals surface area contributed by atoms with Crippen molar-refractivity contribution in [2.45, 2.75) is 19.3 Å². The van der Waals surface area contributed by atoms with Crippen molar-refractivity contribution in [2.24, 2.45) is 0 Å². The van der Waals surface area contributed by atoms with Gasteiger partial charge in [0, 0.05) is 0 Å². The van der Waals surface area contributed by atoms with Crippen LogP contribution in [0.1, 0.15) is 59.0 Å². The van der Waals surface area contributed by atoms with E-state index in [4.69, 9.17) is 19.7 Å². The number of hydrogen-bond donors (Lipinski definition) is 4. The van der Waals surface area contributed by atoms with Gasteiger partial charge in [-0.2, -0.15) is 0 Å². The standard InChI is InChI=1S/C31H24O10/c32-28(33)24-14-12-22(16-26(24)30(36)37)40-20-8-4-18(5-9-20)2-1-3-19-6-10-21(11-7-19)41-23-13-15-25(29(34)35)27(17-23)31(38)39/h4-17H,1-3H2,(H,32,33)(H,34,35)(H,36,37)(H,38,39). The van der Waals surface area contributed by atoms with Gasteiger partial charge in [-0.25, -0.2) is 19.2 Å². The molecule has 0 bridgehead atoms. The minimum atomic E-state index is -1.35. The largest absolute Gasteiger partial charge is 0.478 e. The zero-order valence-corrected chi connectivity index (χ0v) is 21.4. The fourth-order valence-corrected chi connectivity index (χ4v) is 4.12. The number of rotatable bonds is 12. The first-order chi connectivity index (χ1) is 19.6. The molecule has 10 nitrogen and oxygen atoms in total. The third kappa shape index (κ3) is 7.27. The Morgan fingerprint density at radius 1 is 0.439 bits per heavy atom. The minimum Gasteiger partial charge on any atom is -0.478 e. The van der Waals surface area contributed by atoms with Crippen LogP contribution in [0.3, 0.4) is 0 Å². The molecule has 0 atom stereocenters. The quantitative estimate of drug-likeness (QED) is 0.157. The monoisotopic (exact) mass is 556 g/mol. The van der Waals surface area contributed by atoms with Crippen LogP contribution in [0.4, 0.5) is 0 Å². The zero-order chi connectivity index (χ0) is 29.5. The predicted molar refractivity (Wildman–Crippen MR) is 146 cm³/mol. The lowest BCUT2D eigenvalue weighted by atomic mass is 10.0. The van der Waals surface area contributed by atoms with Crippen molar-refractivity contribution in [1.82, 2.24) is 0 Å². The van der Waals surface area contributed by atoms with E-state index in [9.17, 15) is 29.4 Å². The first-order valence-corrected chi connectivity index (χ1v) is 12.4. The Morgan fingerprint density at radius 3 is 1.07 bits per heavy atom. The Balaban J connectivity index is 1.30. The maximum Gasteiger partial charge on any atom is 0.336 e. The van der Waals surface area contributed by atoms with Gasteiger partial charge in [-0.15, -0.1) is 0 Å². The third-order valence-corrected chi connectivity index (χ3v) is 6.15. The van der Waals surface area contributed by atoms with E-state index in [2.05, 4.69) is 0 Å². The molecule has 0 heterocycles. The number of carboxylic acids is 4. The van der Waals surface area contributed by atoms with Crippen molar-refractivity contribution in [3.05, 3.63) is 118 Å². The summed E-state index contributed by atoms with van der Waals surface area (Å²) in [5, 5.41) is 36.8. The van der Waals surface area contributed by atoms with Crippen LogP contribution in [0.15, 0.2) is 84.9 Å². The predicted octanol–water partition coefficient (Wildman–Crippen LogP) is 6.24. The van der Waals surface area contributed by atoms with Crippen molar-refractivity contribution in [3.63, 3.8) is 0 Å². The molecule has 0 fully saturated rings. The molecular formula is C31H24O10. The van der Waals surface area contributed by atoms with Crippen molar-refractivity contribution in [1.29, 1.82) is 0 Å². The lowest BCUT2D eigenvalue weighted by Crippen LogP contribution is -2.07. The number of aryl methyl sites for hydroxylation is 2. The van der Waals surface area contributed by atoms with Crippen LogP contribution < -0.4 is 9.47 Å². The Hall–Kier alpha value is -5.64. The summed E-state index contributed by atoms with van der Waals surface area (Å²) in [4.78, 5) is 45.2. The summed E-state index contributed by atoms with van der Waals surface area (Å²) in [5.41, 5.74) is 0.807. The summed E-state index contributed by atoms with van der Waals surface area (Å²) in [6.07, 6.45) is 2.45. The van der Waals surface area contributed by atoms with E-state index in [1.54, 1.807) is 24.3 Å². The molecule has 0 saturated heterocycles. The fourth-order valence-electron chi connectivity index (χ4n) is 4.12. The number of benzene rings is 4. The molecule has 10 heteroatoms. The van der Waals surface area contributed by atoms with E-state index in [0.29, 0.717) is 11.5 Å². The lowest BCUT2D eigenvalue weighted by Gasteiger charge is -2.10. The van der Waals surface area contributed by atoms with Gasteiger partial charge in [0.1, 0.15) is 23.0 Å². The van der Waals surface area contributed by atoms with Gasteiger partial charge in [-0.05, 0) is 91.1 Å². The average Bonchev–Trinajstić information content (AvgIpc) is 2.94. The molecule has 0 aromatic heterocycles. The highest BCUT2D eigenvalue weighted by Gasteiger charge is 2.18. The maximum absolute atomic E-state index is 11.4. The van der Waals surface area contributed by atoms with E-state index in [1.165, 1.54) is 36.4 Å². The SMILES string of the molecule is O=C(O)c1ccc(Oc2ccc(CCCc3ccc(Oc4ccc(C(=O)O)c(C(=O)O)c4)cc3)cc2)cc1C(=O)O. The molecule has 4 N–H and O–H groups in total. The molecule has 208 valence electrons. The van der Waals surface area contributed by atoms with Gasteiger partial charge in [0.2, 0.25) is 0 Å². The molecule has 4 aromatic rings. The smallest absolute Gasteiger partial charge is 0.336 e. The number of aromatic carboxylic acids is 4. The van der Waals surface area contributed by atoms with Gasteiger partial charge in [0.25, 0.3) is 0 Å². The van der Waals surface area contributed by atoms with Crippen molar-refractivity contribution >= 4 is 23.9 Å². The highest BCUT2D eigenvalue weighted by atomic mass is 16.5. The highest BCUT2D eigenvalue weighted by molar-refractivity contribution is 6.02. The molecule has 4 aromatic carbocycles. The summed E-state index contributed by atoms with van der Waals surface area (Å²) in [6, 6.07) is 22.2. The van der Waals surface area contributed by atoms with Crippen LogP contribution >= 0.6 is 0 Å². The molecule has 0 unspecified atom stereocenters. The van der Waals surface area contributed by atoms with Gasteiger partial charge < -0.3 is 29.9 Å². The summed E-state index contributed by atoms with van der Waals surface area (Å²) in [7, 11) is 0. The van der Waals surface area contributed by atoms with Crippen molar-refractivity contribution in [3.8, 4) is 23.0 Å². The molecule has 0 radical (unpaired) electrons. The number of carboxylic acid groups (broad SMARTS) is 4. The zero-order valence-electron chi connectivity index (χ0n) is 21.4. The van der Waals surface area contributed by atoms with Crippen LogP contribution in [0, 0.1) is 0 Å². The molecule has 0 saturated carbocycles. The molecule has 0 aliphatic rings. The average molecular weight is 557 g/mol. The summed E-state index contributed by atoms with van der Waals surface area (Å²) in [6.45, 7) is 0. The van der Waals surface area contributed by atoms with Crippen LogP contribution in [0.5, 0.6) is 23.0 Å². The van der Waals surface area contributed by atoms with Gasteiger partial charge >= 0.3 is 23.9 Å². The molecule has 41 heavy (non-hydrogen) atoms. The summed E-state index contributed by atoms with van der Waals surface area (Å²) >= 11 is 0. The Morgan fingerprint density at radius 2 is 0.756 bits per heavy atom. The van der Waals surface area contributed by atoms with Crippen LogP contribution in [-0.2, 0) is 12.8 Å². The van der Waals surface area contributed by atoms with Crippen LogP contribution in [0.2, 0.25) is 0 Å². The molecule has 0 spiro atoms. The van der Waals surface area contributed by atoms with Gasteiger partial charge in [0.05, 0.1) is 22.3 Å². The number of carbonyl (C=O) groups is 4. The second-order valence-corrected chi connectivity index (χ2v) is 8.98. The minimum absolute atomic E-state index is 0.215. The maximum atomic E-state index is 11.4. The first-order valence-electron chi connectivity index (χ1n) is 12.4. The number of ether oxygens (including phenoxy) is 2. The normalized spacial score (nSPS) is 10.5. The first kappa shape index (κ1) is 28.4. The van der Waals surface area contributed by atoms with Crippen molar-refractivity contribution < 1.29 is 49.1 Å². The molecule has 0 amide bonds. The Bertz CT molecular complexity index is 1480. The van der Waals surface area contributed by atoms with E-state index in [0.717, 1.165) is 30.4 Å². The van der Waals surface area contributed by atoms with Gasteiger partial charge in [-0.3, -0.25) is 0 Å². The second kappa shape index (κ2) is 12.5. The van der Waals surface area contributed by atoms with Crippen LogP contribution in [-0.4, -0.2) is 44.3 Å². The topological polar surface area (TPSA) is 168 Å². The van der Waals surface area contributed by atoms with E-state index >= 15 is 0 Å². The highest BCUT2D eigenvalue weighted by Crippen LogP contribution is 2.27. The van der Waals surface area contributed by atoms with Gasteiger partial charge in [-0.1, -0.05) is 24.3 Å². The molecule has 0 aliphatic carbocycles. The molecule has 4 rings (SSSR count). The Labute approximate surface area is 233 Å². The number of hydrogen-bond acceptors (Lipinski definition) is 6. The second-order valence-electron chi connectivity index (χ2n) is 8.98. The van der Waals surface area contributed by atoms with Gasteiger partial charge in [0.15, 0.2) is 0 Å². The molecular weight excluding hydrogens is 532 g/mol. The molecule has 0 aliphatic heterocycles.